The van der Waals surface area contributed by atoms with Crippen LogP contribution in [0.5, 0.6) is 5.75 Å². The normalized spacial score (nSPS) is 19.1. The van der Waals surface area contributed by atoms with Crippen molar-refractivity contribution in [1.29, 1.82) is 0 Å². The standard InChI is InChI=1S/C18H17BrO4/c19-13-6-7-15-14(9-13)17(22)18(10-20,11-21)16(23-15)8-12-4-2-1-3-5-12/h1-7,9,16,20-21H,8,10-11H2. The van der Waals surface area contributed by atoms with Crippen LogP contribution < -0.4 is 4.74 Å². The van der Waals surface area contributed by atoms with E-state index in [-0.39, 0.29) is 5.78 Å². The first-order valence-corrected chi connectivity index (χ1v) is 8.16. The Kier molecular flexibility index (Phi) is 4.53. The number of fused-ring (bicyclic) bond motifs is 1. The summed E-state index contributed by atoms with van der Waals surface area (Å²) in [5, 5.41) is 19.8. The van der Waals surface area contributed by atoms with Crippen LogP contribution in [0.4, 0.5) is 0 Å². The monoisotopic (exact) mass is 376 g/mol. The molecule has 1 atom stereocenters. The summed E-state index contributed by atoms with van der Waals surface area (Å²) in [5.74, 6) is 0.197. The van der Waals surface area contributed by atoms with Gasteiger partial charge >= 0.3 is 0 Å². The molecule has 2 N–H and O–H groups in total. The van der Waals surface area contributed by atoms with E-state index in [0.717, 1.165) is 10.0 Å². The van der Waals surface area contributed by atoms with Crippen molar-refractivity contribution in [2.75, 3.05) is 13.2 Å². The van der Waals surface area contributed by atoms with Crippen LogP contribution in [0.25, 0.3) is 0 Å². The molecule has 0 saturated carbocycles. The van der Waals surface area contributed by atoms with E-state index in [0.29, 0.717) is 17.7 Å². The van der Waals surface area contributed by atoms with Gasteiger partial charge < -0.3 is 14.9 Å². The van der Waals surface area contributed by atoms with Crippen LogP contribution in [0, 0.1) is 5.41 Å². The average Bonchev–Trinajstić information content (AvgIpc) is 2.58. The summed E-state index contributed by atoms with van der Waals surface area (Å²) in [4.78, 5) is 12.9. The maximum absolute atomic E-state index is 12.9. The van der Waals surface area contributed by atoms with Crippen LogP contribution >= 0.6 is 15.9 Å². The molecule has 2 aromatic carbocycles. The lowest BCUT2D eigenvalue weighted by molar-refractivity contribution is -0.0301. The quantitative estimate of drug-likeness (QED) is 0.860. The van der Waals surface area contributed by atoms with Gasteiger partial charge in [-0.3, -0.25) is 4.79 Å². The minimum atomic E-state index is -1.34. The van der Waals surface area contributed by atoms with Crippen LogP contribution in [0.2, 0.25) is 0 Å². The zero-order valence-corrected chi connectivity index (χ0v) is 14.0. The average molecular weight is 377 g/mol. The van der Waals surface area contributed by atoms with Gasteiger partial charge in [0.1, 0.15) is 17.3 Å². The van der Waals surface area contributed by atoms with Gasteiger partial charge in [-0.15, -0.1) is 0 Å². The minimum Gasteiger partial charge on any atom is -0.488 e. The van der Waals surface area contributed by atoms with Gasteiger partial charge in [0, 0.05) is 10.9 Å². The number of rotatable bonds is 4. The number of aliphatic hydroxyl groups is 2. The lowest BCUT2D eigenvalue weighted by Gasteiger charge is -2.41. The molecule has 5 heteroatoms. The summed E-state index contributed by atoms with van der Waals surface area (Å²) in [5.41, 5.74) is 0.0211. The molecule has 0 fully saturated rings. The number of benzene rings is 2. The molecule has 0 saturated heterocycles. The summed E-state index contributed by atoms with van der Waals surface area (Å²) in [6, 6.07) is 14.8. The van der Waals surface area contributed by atoms with Gasteiger partial charge in [0.2, 0.25) is 0 Å². The molecule has 4 nitrogen and oxygen atoms in total. The highest BCUT2D eigenvalue weighted by atomic mass is 79.9. The fourth-order valence-electron chi connectivity index (χ4n) is 2.93. The number of hydrogen-bond acceptors (Lipinski definition) is 4. The molecule has 0 spiro atoms. The topological polar surface area (TPSA) is 66.8 Å². The molecule has 1 aliphatic rings. The van der Waals surface area contributed by atoms with Crippen LogP contribution in [-0.4, -0.2) is 35.3 Å². The van der Waals surface area contributed by atoms with E-state index < -0.39 is 24.7 Å². The first-order valence-electron chi connectivity index (χ1n) is 7.37. The number of aliphatic hydroxyl groups excluding tert-OH is 2. The summed E-state index contributed by atoms with van der Waals surface area (Å²) in [6.45, 7) is -0.933. The second-order valence-corrected chi connectivity index (χ2v) is 6.65. The molecule has 1 aliphatic heterocycles. The van der Waals surface area contributed by atoms with Crippen LogP contribution in [0.15, 0.2) is 53.0 Å². The molecule has 120 valence electrons. The summed E-state index contributed by atoms with van der Waals surface area (Å²) < 4.78 is 6.75. The van der Waals surface area contributed by atoms with Crippen molar-refractivity contribution in [2.45, 2.75) is 12.5 Å². The maximum atomic E-state index is 12.9. The third kappa shape index (κ3) is 2.80. The Bertz CT molecular complexity index is 710. The Morgan fingerprint density at radius 2 is 1.78 bits per heavy atom. The Labute approximate surface area is 142 Å². The smallest absolute Gasteiger partial charge is 0.181 e. The molecule has 1 unspecified atom stereocenters. The number of carbonyl (C=O) groups excluding carboxylic acids is 1. The van der Waals surface area contributed by atoms with E-state index in [1.165, 1.54) is 0 Å². The summed E-state index contributed by atoms with van der Waals surface area (Å²) in [7, 11) is 0. The summed E-state index contributed by atoms with van der Waals surface area (Å²) >= 11 is 3.34. The molecule has 0 aliphatic carbocycles. The van der Waals surface area contributed by atoms with E-state index in [1.54, 1.807) is 18.2 Å². The molecule has 0 aromatic heterocycles. The van der Waals surface area contributed by atoms with E-state index in [1.807, 2.05) is 30.3 Å². The SMILES string of the molecule is O=C1c2cc(Br)ccc2OC(Cc2ccccc2)C1(CO)CO. The molecule has 1 heterocycles. The second-order valence-electron chi connectivity index (χ2n) is 5.74. The fourth-order valence-corrected chi connectivity index (χ4v) is 3.29. The molecular formula is C18H17BrO4. The molecule has 0 bridgehead atoms. The van der Waals surface area contributed by atoms with Gasteiger partial charge in [0.15, 0.2) is 5.78 Å². The number of Topliss-reactive ketones (excluding diaryl/α,β-unsaturated/α-hetero) is 1. The van der Waals surface area contributed by atoms with Crippen LogP contribution in [0.1, 0.15) is 15.9 Å². The molecule has 2 aromatic rings. The molecule has 0 amide bonds. The van der Waals surface area contributed by atoms with Gasteiger partial charge in [-0.2, -0.15) is 0 Å². The Morgan fingerprint density at radius 3 is 2.43 bits per heavy atom. The van der Waals surface area contributed by atoms with Crippen molar-refractivity contribution < 1.29 is 19.7 Å². The number of hydrogen-bond donors (Lipinski definition) is 2. The van der Waals surface area contributed by atoms with Gasteiger partial charge in [0.25, 0.3) is 0 Å². The third-order valence-corrected chi connectivity index (χ3v) is 4.85. The van der Waals surface area contributed by atoms with Crippen molar-refractivity contribution in [3.63, 3.8) is 0 Å². The second kappa shape index (κ2) is 6.43. The lowest BCUT2D eigenvalue weighted by Crippen LogP contribution is -2.54. The highest BCUT2D eigenvalue weighted by molar-refractivity contribution is 9.10. The Hall–Kier alpha value is -1.69. The molecule has 0 radical (unpaired) electrons. The van der Waals surface area contributed by atoms with Crippen molar-refractivity contribution >= 4 is 21.7 Å². The number of ketones is 1. The zero-order chi connectivity index (χ0) is 16.4. The van der Waals surface area contributed by atoms with Crippen molar-refractivity contribution in [2.24, 2.45) is 5.41 Å². The molecule has 23 heavy (non-hydrogen) atoms. The molecule has 3 rings (SSSR count). The van der Waals surface area contributed by atoms with E-state index >= 15 is 0 Å². The zero-order valence-electron chi connectivity index (χ0n) is 12.4. The lowest BCUT2D eigenvalue weighted by atomic mass is 9.73. The summed E-state index contributed by atoms with van der Waals surface area (Å²) in [6.07, 6.45) is -0.190. The minimum absolute atomic E-state index is 0.286. The highest BCUT2D eigenvalue weighted by Crippen LogP contribution is 2.40. The van der Waals surface area contributed by atoms with Gasteiger partial charge in [-0.25, -0.2) is 0 Å². The van der Waals surface area contributed by atoms with E-state index in [2.05, 4.69) is 15.9 Å². The van der Waals surface area contributed by atoms with Crippen molar-refractivity contribution in [3.8, 4) is 5.75 Å². The number of carbonyl (C=O) groups is 1. The number of halogens is 1. The van der Waals surface area contributed by atoms with Crippen molar-refractivity contribution in [3.05, 3.63) is 64.1 Å². The van der Waals surface area contributed by atoms with Crippen LogP contribution in [-0.2, 0) is 6.42 Å². The van der Waals surface area contributed by atoms with Crippen molar-refractivity contribution in [1.82, 2.24) is 0 Å². The first-order chi connectivity index (χ1) is 11.1. The Balaban J connectivity index is 2.04. The fraction of sp³-hybridized carbons (Fsp3) is 0.278. The highest BCUT2D eigenvalue weighted by Gasteiger charge is 2.50. The largest absolute Gasteiger partial charge is 0.488 e. The first kappa shape index (κ1) is 16.2. The van der Waals surface area contributed by atoms with Crippen LogP contribution in [0.3, 0.4) is 0 Å². The van der Waals surface area contributed by atoms with E-state index in [9.17, 15) is 15.0 Å². The molecular weight excluding hydrogens is 360 g/mol. The maximum Gasteiger partial charge on any atom is 0.181 e. The number of ether oxygens (including phenoxy) is 1. The van der Waals surface area contributed by atoms with Gasteiger partial charge in [0.05, 0.1) is 18.8 Å². The predicted octanol–water partition coefficient (Wildman–Crippen LogP) is 2.61. The predicted molar refractivity (Wildman–Crippen MR) is 89.6 cm³/mol. The van der Waals surface area contributed by atoms with Gasteiger partial charge in [-0.1, -0.05) is 46.3 Å². The third-order valence-electron chi connectivity index (χ3n) is 4.35. The Morgan fingerprint density at radius 1 is 1.09 bits per heavy atom. The van der Waals surface area contributed by atoms with E-state index in [4.69, 9.17) is 4.74 Å². The van der Waals surface area contributed by atoms with Gasteiger partial charge in [-0.05, 0) is 23.8 Å².